The maximum absolute atomic E-state index is 12.5. The predicted octanol–water partition coefficient (Wildman–Crippen LogP) is 4.96. The molecule has 0 bridgehead atoms. The molecular formula is C22H20N2O5S2. The fourth-order valence-corrected chi connectivity index (χ4v) is 4.18. The Kier molecular flexibility index (Phi) is 7.43. The van der Waals surface area contributed by atoms with Crippen molar-refractivity contribution in [1.29, 1.82) is 0 Å². The van der Waals surface area contributed by atoms with Crippen molar-refractivity contribution in [2.24, 2.45) is 0 Å². The van der Waals surface area contributed by atoms with Crippen LogP contribution in [0.15, 0.2) is 60.0 Å². The van der Waals surface area contributed by atoms with Crippen LogP contribution in [0.3, 0.4) is 0 Å². The first-order valence-electron chi connectivity index (χ1n) is 9.42. The number of nitro benzene ring substituents is 1. The number of amides is 1. The van der Waals surface area contributed by atoms with E-state index in [0.29, 0.717) is 39.4 Å². The molecular weight excluding hydrogens is 436 g/mol. The van der Waals surface area contributed by atoms with Gasteiger partial charge in [0.05, 0.1) is 22.0 Å². The third-order valence-corrected chi connectivity index (χ3v) is 5.70. The second kappa shape index (κ2) is 10.2. The second-order valence-electron chi connectivity index (χ2n) is 6.39. The van der Waals surface area contributed by atoms with Crippen molar-refractivity contribution in [1.82, 2.24) is 4.90 Å². The lowest BCUT2D eigenvalue weighted by molar-refractivity contribution is -0.385. The zero-order valence-corrected chi connectivity index (χ0v) is 18.4. The Morgan fingerprint density at radius 1 is 1.23 bits per heavy atom. The molecule has 1 amide bonds. The van der Waals surface area contributed by atoms with E-state index in [9.17, 15) is 14.9 Å². The molecule has 1 aliphatic rings. The number of carbonyl (C=O) groups excluding carboxylic acids is 1. The van der Waals surface area contributed by atoms with Crippen LogP contribution in [0.1, 0.15) is 18.1 Å². The Morgan fingerprint density at radius 2 is 2.00 bits per heavy atom. The number of carbonyl (C=O) groups is 1. The number of ether oxygens (including phenoxy) is 2. The second-order valence-corrected chi connectivity index (χ2v) is 8.07. The maximum atomic E-state index is 12.5. The Labute approximate surface area is 189 Å². The summed E-state index contributed by atoms with van der Waals surface area (Å²) in [5.41, 5.74) is 1.21. The van der Waals surface area contributed by atoms with Crippen LogP contribution in [-0.2, 0) is 11.4 Å². The Balaban J connectivity index is 1.82. The monoisotopic (exact) mass is 456 g/mol. The number of thioether (sulfide) groups is 1. The van der Waals surface area contributed by atoms with Gasteiger partial charge in [0.15, 0.2) is 11.5 Å². The molecule has 2 aromatic rings. The molecule has 1 fully saturated rings. The highest BCUT2D eigenvalue weighted by Gasteiger charge is 2.31. The minimum atomic E-state index is -0.437. The van der Waals surface area contributed by atoms with E-state index in [4.69, 9.17) is 21.7 Å². The summed E-state index contributed by atoms with van der Waals surface area (Å²) in [7, 11) is 0. The Hall–Kier alpha value is -3.17. The van der Waals surface area contributed by atoms with Gasteiger partial charge in [0.2, 0.25) is 0 Å². The molecule has 0 aromatic heterocycles. The molecule has 7 nitrogen and oxygen atoms in total. The van der Waals surface area contributed by atoms with Crippen molar-refractivity contribution in [2.45, 2.75) is 13.5 Å². The van der Waals surface area contributed by atoms with E-state index >= 15 is 0 Å². The molecule has 0 aliphatic carbocycles. The van der Waals surface area contributed by atoms with Gasteiger partial charge in [-0.1, -0.05) is 48.3 Å². The zero-order valence-electron chi connectivity index (χ0n) is 16.8. The molecule has 0 radical (unpaired) electrons. The number of hydrogen-bond donors (Lipinski definition) is 0. The topological polar surface area (TPSA) is 81.9 Å². The van der Waals surface area contributed by atoms with Crippen LogP contribution in [0.4, 0.5) is 5.69 Å². The van der Waals surface area contributed by atoms with Gasteiger partial charge in [-0.05, 0) is 36.8 Å². The minimum Gasteiger partial charge on any atom is -0.490 e. The van der Waals surface area contributed by atoms with Crippen LogP contribution in [0.5, 0.6) is 11.5 Å². The van der Waals surface area contributed by atoms with Crippen LogP contribution in [0.25, 0.3) is 6.08 Å². The fourth-order valence-electron chi connectivity index (χ4n) is 2.91. The molecule has 0 saturated carbocycles. The van der Waals surface area contributed by atoms with Crippen LogP contribution in [0.2, 0.25) is 0 Å². The largest absolute Gasteiger partial charge is 0.490 e. The third-order valence-electron chi connectivity index (χ3n) is 4.32. The lowest BCUT2D eigenvalue weighted by Crippen LogP contribution is -2.27. The van der Waals surface area contributed by atoms with Crippen molar-refractivity contribution >= 4 is 46.0 Å². The predicted molar refractivity (Wildman–Crippen MR) is 125 cm³/mol. The minimum absolute atomic E-state index is 0.00127. The van der Waals surface area contributed by atoms with Crippen LogP contribution in [-0.4, -0.2) is 33.2 Å². The molecule has 2 aromatic carbocycles. The lowest BCUT2D eigenvalue weighted by atomic mass is 10.1. The van der Waals surface area contributed by atoms with E-state index in [1.807, 2.05) is 6.92 Å². The first-order chi connectivity index (χ1) is 14.9. The normalized spacial score (nSPS) is 14.7. The third kappa shape index (κ3) is 5.31. The fraction of sp³-hybridized carbons (Fsp3) is 0.182. The highest BCUT2D eigenvalue weighted by molar-refractivity contribution is 8.26. The van der Waals surface area contributed by atoms with Crippen LogP contribution in [0, 0.1) is 10.1 Å². The number of nitro groups is 1. The summed E-state index contributed by atoms with van der Waals surface area (Å²) in [6.07, 6.45) is 3.38. The SMILES string of the molecule is C=CCN1C(=O)C(=Cc2ccc(OCc3ccccc3[N+](=O)[O-])c(OCC)c2)SC1=S. The number of thiocarbonyl (C=S) groups is 1. The molecule has 1 saturated heterocycles. The van der Waals surface area contributed by atoms with Crippen molar-refractivity contribution in [3.05, 3.63) is 81.3 Å². The highest BCUT2D eigenvalue weighted by Crippen LogP contribution is 2.35. The highest BCUT2D eigenvalue weighted by atomic mass is 32.2. The molecule has 0 atom stereocenters. The summed E-state index contributed by atoms with van der Waals surface area (Å²) in [6, 6.07) is 11.7. The first kappa shape index (κ1) is 22.5. The average Bonchev–Trinajstić information content (AvgIpc) is 3.01. The number of benzene rings is 2. The van der Waals surface area contributed by atoms with Gasteiger partial charge in [-0.15, -0.1) is 6.58 Å². The van der Waals surface area contributed by atoms with E-state index in [-0.39, 0.29) is 18.2 Å². The van der Waals surface area contributed by atoms with Crippen molar-refractivity contribution in [2.75, 3.05) is 13.2 Å². The molecule has 9 heteroatoms. The maximum Gasteiger partial charge on any atom is 0.276 e. The number of rotatable bonds is 9. The van der Waals surface area contributed by atoms with E-state index < -0.39 is 4.92 Å². The molecule has 1 aliphatic heterocycles. The van der Waals surface area contributed by atoms with E-state index in [0.717, 1.165) is 5.56 Å². The van der Waals surface area contributed by atoms with E-state index in [1.54, 1.807) is 48.6 Å². The Morgan fingerprint density at radius 3 is 2.71 bits per heavy atom. The van der Waals surface area contributed by atoms with Crippen molar-refractivity contribution < 1.29 is 19.2 Å². The van der Waals surface area contributed by atoms with E-state index in [1.165, 1.54) is 22.7 Å². The van der Waals surface area contributed by atoms with Gasteiger partial charge in [0.25, 0.3) is 11.6 Å². The summed E-state index contributed by atoms with van der Waals surface area (Å²) in [5, 5.41) is 11.2. The molecule has 0 spiro atoms. The standard InChI is InChI=1S/C22H20N2O5S2/c1-3-11-23-21(25)20(31-22(23)30)13-15-9-10-18(19(12-15)28-4-2)29-14-16-7-5-6-8-17(16)24(26)27/h3,5-10,12-13H,1,4,11,14H2,2H3. The average molecular weight is 457 g/mol. The van der Waals surface area contributed by atoms with Gasteiger partial charge in [0.1, 0.15) is 10.9 Å². The first-order valence-corrected chi connectivity index (χ1v) is 10.6. The molecule has 3 rings (SSSR count). The lowest BCUT2D eigenvalue weighted by Gasteiger charge is -2.13. The van der Waals surface area contributed by atoms with Gasteiger partial charge in [-0.3, -0.25) is 19.8 Å². The number of nitrogens with zero attached hydrogens (tertiary/aromatic N) is 2. The molecule has 0 N–H and O–H groups in total. The van der Waals surface area contributed by atoms with Gasteiger partial charge >= 0.3 is 0 Å². The van der Waals surface area contributed by atoms with Crippen LogP contribution < -0.4 is 9.47 Å². The molecule has 0 unspecified atom stereocenters. The van der Waals surface area contributed by atoms with Crippen molar-refractivity contribution in [3.8, 4) is 11.5 Å². The summed E-state index contributed by atoms with van der Waals surface area (Å²) in [4.78, 5) is 25.3. The van der Waals surface area contributed by atoms with E-state index in [2.05, 4.69) is 6.58 Å². The van der Waals surface area contributed by atoms with Gasteiger partial charge in [0, 0.05) is 12.6 Å². The Bertz CT molecular complexity index is 1070. The summed E-state index contributed by atoms with van der Waals surface area (Å²) in [5.74, 6) is 0.775. The molecule has 31 heavy (non-hydrogen) atoms. The van der Waals surface area contributed by atoms with Gasteiger partial charge in [-0.25, -0.2) is 0 Å². The molecule has 1 heterocycles. The molecule has 160 valence electrons. The quantitative estimate of drug-likeness (QED) is 0.173. The zero-order chi connectivity index (χ0) is 22.4. The smallest absolute Gasteiger partial charge is 0.276 e. The summed E-state index contributed by atoms with van der Waals surface area (Å²) >= 11 is 6.50. The number of para-hydroxylation sites is 1. The summed E-state index contributed by atoms with van der Waals surface area (Å²) in [6.45, 7) is 6.29. The van der Waals surface area contributed by atoms with Gasteiger partial charge in [-0.2, -0.15) is 0 Å². The van der Waals surface area contributed by atoms with Crippen LogP contribution >= 0.6 is 24.0 Å². The van der Waals surface area contributed by atoms with Crippen molar-refractivity contribution in [3.63, 3.8) is 0 Å². The van der Waals surface area contributed by atoms with Gasteiger partial charge < -0.3 is 9.47 Å². The number of hydrogen-bond acceptors (Lipinski definition) is 7. The summed E-state index contributed by atoms with van der Waals surface area (Å²) < 4.78 is 12.0.